The fourth-order valence-corrected chi connectivity index (χ4v) is 8.60. The number of nitrogens with zero attached hydrogens (tertiary/aromatic N) is 3. The maximum Gasteiger partial charge on any atom is 0.416 e. The van der Waals surface area contributed by atoms with Crippen LogP contribution in [0.15, 0.2) is 87.1 Å². The standard InChI is InChI=1S/C29H18BrF3N4O6S2/c30-16-5-1-3-14(11-16)21-22-23(26(40)36(25(22)39)18-7-9-19(10-8-18)37(42)43)44-27-24(21)45-28(41)35(27)13-20(38)34-17-6-2-4-15(12-17)29(31,32)33/h1-12,21-23H,13H2,(H,34,38)/t21-,22?,23?/m1/s1. The van der Waals surface area contributed by atoms with Crippen molar-refractivity contribution >= 4 is 73.8 Å². The number of alkyl halides is 3. The number of fused-ring (bicyclic) bond motifs is 2. The summed E-state index contributed by atoms with van der Waals surface area (Å²) in [7, 11) is 0. The average molecular weight is 720 g/mol. The molecule has 10 nitrogen and oxygen atoms in total. The topological polar surface area (TPSA) is 132 Å². The smallest absolute Gasteiger partial charge is 0.325 e. The van der Waals surface area contributed by atoms with Crippen LogP contribution in [0.5, 0.6) is 0 Å². The van der Waals surface area contributed by atoms with Crippen molar-refractivity contribution in [2.75, 3.05) is 10.2 Å². The molecule has 0 radical (unpaired) electrons. The lowest BCUT2D eigenvalue weighted by molar-refractivity contribution is -0.384. The maximum absolute atomic E-state index is 13.9. The second-order valence-corrected chi connectivity index (χ2v) is 13.2. The average Bonchev–Trinajstić information content (AvgIpc) is 3.43. The van der Waals surface area contributed by atoms with Gasteiger partial charge in [-0.25, -0.2) is 4.90 Å². The van der Waals surface area contributed by atoms with Gasteiger partial charge in [0.25, 0.3) is 5.69 Å². The third-order valence-electron chi connectivity index (χ3n) is 7.35. The summed E-state index contributed by atoms with van der Waals surface area (Å²) in [4.78, 5) is 65.4. The van der Waals surface area contributed by atoms with E-state index in [9.17, 15) is 42.5 Å². The van der Waals surface area contributed by atoms with Crippen molar-refractivity contribution in [1.82, 2.24) is 4.57 Å². The SMILES string of the molecule is O=C(Cn1c2c(sc1=O)[C@H](c1cccc(Br)c1)C1C(=O)N(c3ccc([N+](=O)[O-])cc3)C(=O)C1S2)Nc1cccc(C(F)(F)F)c1. The lowest BCUT2D eigenvalue weighted by atomic mass is 9.83. The molecule has 1 fully saturated rings. The van der Waals surface area contributed by atoms with Gasteiger partial charge in [0.15, 0.2) is 0 Å². The predicted molar refractivity (Wildman–Crippen MR) is 163 cm³/mol. The maximum atomic E-state index is 13.9. The minimum absolute atomic E-state index is 0.109. The van der Waals surface area contributed by atoms with Crippen LogP contribution in [0, 0.1) is 16.0 Å². The van der Waals surface area contributed by atoms with Crippen LogP contribution in [0.3, 0.4) is 0 Å². The number of aromatic nitrogens is 1. The molecule has 1 N–H and O–H groups in total. The van der Waals surface area contributed by atoms with E-state index in [2.05, 4.69) is 21.2 Å². The van der Waals surface area contributed by atoms with Crippen molar-refractivity contribution < 1.29 is 32.5 Å². The molecule has 3 heterocycles. The number of anilines is 2. The quantitative estimate of drug-likeness (QED) is 0.146. The molecule has 1 saturated heterocycles. The minimum Gasteiger partial charge on any atom is -0.325 e. The number of hydrogen-bond donors (Lipinski definition) is 1. The molecule has 16 heteroatoms. The molecule has 0 saturated carbocycles. The van der Waals surface area contributed by atoms with Gasteiger partial charge in [0.05, 0.1) is 27.1 Å². The molecule has 0 bridgehead atoms. The predicted octanol–water partition coefficient (Wildman–Crippen LogP) is 6.03. The van der Waals surface area contributed by atoms with Crippen LogP contribution >= 0.6 is 39.0 Å². The van der Waals surface area contributed by atoms with Crippen LogP contribution in [0.1, 0.15) is 21.9 Å². The highest BCUT2D eigenvalue weighted by molar-refractivity contribution is 9.10. The Morgan fingerprint density at radius 1 is 1.00 bits per heavy atom. The summed E-state index contributed by atoms with van der Waals surface area (Å²) in [5.74, 6) is -3.59. The van der Waals surface area contributed by atoms with Gasteiger partial charge in [0, 0.05) is 33.1 Å². The van der Waals surface area contributed by atoms with Gasteiger partial charge >= 0.3 is 11.0 Å². The first-order valence-electron chi connectivity index (χ1n) is 13.1. The summed E-state index contributed by atoms with van der Waals surface area (Å²) >= 11 is 5.21. The summed E-state index contributed by atoms with van der Waals surface area (Å²) < 4.78 is 41.3. The molecule has 2 unspecified atom stereocenters. The van der Waals surface area contributed by atoms with E-state index in [1.165, 1.54) is 30.3 Å². The zero-order chi connectivity index (χ0) is 32.2. The van der Waals surface area contributed by atoms with Crippen LogP contribution in [-0.2, 0) is 27.1 Å². The summed E-state index contributed by atoms with van der Waals surface area (Å²) in [5, 5.41) is 12.8. The molecule has 4 aromatic rings. The number of nitro benzene ring substituents is 1. The number of carbonyl (C=O) groups is 3. The number of hydrogen-bond acceptors (Lipinski definition) is 8. The third-order valence-corrected chi connectivity index (χ3v) is 10.4. The minimum atomic E-state index is -4.62. The van der Waals surface area contributed by atoms with E-state index in [4.69, 9.17) is 0 Å². The number of carbonyl (C=O) groups excluding carboxylic acids is 3. The molecular weight excluding hydrogens is 701 g/mol. The normalized spacial score (nSPS) is 19.3. The molecular formula is C29H18BrF3N4O6S2. The number of benzene rings is 3. The molecule has 2 aliphatic rings. The van der Waals surface area contributed by atoms with Gasteiger partial charge in [-0.2, -0.15) is 13.2 Å². The van der Waals surface area contributed by atoms with Crippen molar-refractivity contribution in [2.24, 2.45) is 5.92 Å². The number of non-ortho nitro benzene ring substituents is 1. The lowest BCUT2D eigenvalue weighted by Gasteiger charge is -2.30. The van der Waals surface area contributed by atoms with Crippen molar-refractivity contribution in [1.29, 1.82) is 0 Å². The molecule has 1 aromatic heterocycles. The van der Waals surface area contributed by atoms with Gasteiger partial charge in [-0.05, 0) is 48.0 Å². The van der Waals surface area contributed by atoms with E-state index in [1.807, 2.05) is 0 Å². The highest BCUT2D eigenvalue weighted by Crippen LogP contribution is 2.54. The largest absolute Gasteiger partial charge is 0.416 e. The molecule has 2 aliphatic heterocycles. The highest BCUT2D eigenvalue weighted by Gasteiger charge is 2.57. The zero-order valence-electron chi connectivity index (χ0n) is 22.5. The first kappa shape index (κ1) is 30.7. The monoisotopic (exact) mass is 718 g/mol. The van der Waals surface area contributed by atoms with Gasteiger partial charge < -0.3 is 5.32 Å². The first-order valence-corrected chi connectivity index (χ1v) is 15.6. The Morgan fingerprint density at radius 3 is 2.38 bits per heavy atom. The first-order chi connectivity index (χ1) is 21.3. The Kier molecular flexibility index (Phi) is 7.91. The molecule has 0 spiro atoms. The molecule has 230 valence electrons. The molecule has 45 heavy (non-hydrogen) atoms. The molecule has 0 aliphatic carbocycles. The Labute approximate surface area is 268 Å². The second kappa shape index (κ2) is 11.6. The van der Waals surface area contributed by atoms with Crippen LogP contribution in [0.2, 0.25) is 0 Å². The zero-order valence-corrected chi connectivity index (χ0v) is 25.7. The van der Waals surface area contributed by atoms with Crippen molar-refractivity contribution in [3.8, 4) is 0 Å². The molecule has 6 rings (SSSR count). The van der Waals surface area contributed by atoms with E-state index in [0.717, 1.165) is 50.8 Å². The van der Waals surface area contributed by atoms with E-state index in [1.54, 1.807) is 24.3 Å². The molecule has 3 atom stereocenters. The summed E-state index contributed by atoms with van der Waals surface area (Å²) in [6.07, 6.45) is -4.62. The Hall–Kier alpha value is -4.28. The summed E-state index contributed by atoms with van der Waals surface area (Å²) in [6, 6.07) is 16.1. The highest BCUT2D eigenvalue weighted by atomic mass is 79.9. The summed E-state index contributed by atoms with van der Waals surface area (Å²) in [5.41, 5.74) is -0.492. The second-order valence-electron chi connectivity index (χ2n) is 10.1. The number of thiazole rings is 1. The van der Waals surface area contributed by atoms with Crippen LogP contribution in [0.25, 0.3) is 0 Å². The number of thioether (sulfide) groups is 1. The van der Waals surface area contributed by atoms with E-state index in [0.29, 0.717) is 19.9 Å². The fraction of sp³-hybridized carbons (Fsp3) is 0.172. The number of amides is 3. The Bertz CT molecular complexity index is 1950. The lowest BCUT2D eigenvalue weighted by Crippen LogP contribution is -2.33. The van der Waals surface area contributed by atoms with Gasteiger partial charge in [-0.3, -0.25) is 33.9 Å². The van der Waals surface area contributed by atoms with Crippen LogP contribution in [-0.4, -0.2) is 32.5 Å². The fourth-order valence-electron chi connectivity index (χ4n) is 5.41. The van der Waals surface area contributed by atoms with Gasteiger partial charge in [0.1, 0.15) is 11.8 Å². The van der Waals surface area contributed by atoms with Crippen molar-refractivity contribution in [3.63, 3.8) is 0 Å². The Balaban J connectivity index is 1.37. The number of nitro groups is 1. The number of rotatable bonds is 6. The van der Waals surface area contributed by atoms with Gasteiger partial charge in [-0.15, -0.1) is 0 Å². The van der Waals surface area contributed by atoms with E-state index in [-0.39, 0.29) is 17.1 Å². The Morgan fingerprint density at radius 2 is 1.71 bits per heavy atom. The third kappa shape index (κ3) is 5.68. The number of imide groups is 1. The van der Waals surface area contributed by atoms with Gasteiger partial charge in [-0.1, -0.05) is 57.2 Å². The van der Waals surface area contributed by atoms with Crippen LogP contribution in [0.4, 0.5) is 30.2 Å². The molecule has 3 aromatic carbocycles. The van der Waals surface area contributed by atoms with Gasteiger partial charge in [0.2, 0.25) is 17.7 Å². The van der Waals surface area contributed by atoms with Crippen molar-refractivity contribution in [2.45, 2.75) is 28.9 Å². The summed E-state index contributed by atoms with van der Waals surface area (Å²) in [6.45, 7) is -0.551. The van der Waals surface area contributed by atoms with Crippen molar-refractivity contribution in [3.05, 3.63) is 113 Å². The van der Waals surface area contributed by atoms with E-state index >= 15 is 0 Å². The van der Waals surface area contributed by atoms with Crippen LogP contribution < -0.4 is 15.1 Å². The van der Waals surface area contributed by atoms with E-state index < -0.39 is 62.9 Å². The molecule has 3 amide bonds. The number of nitrogens with one attached hydrogen (secondary N) is 1. The number of halogens is 4.